The largest absolute Gasteiger partial charge is 0.397 e. The summed E-state index contributed by atoms with van der Waals surface area (Å²) in [7, 11) is 0. The molecule has 0 spiro atoms. The van der Waals surface area contributed by atoms with E-state index in [0.717, 1.165) is 6.54 Å². The quantitative estimate of drug-likeness (QED) is 0.731. The lowest BCUT2D eigenvalue weighted by atomic mass is 10.1. The van der Waals surface area contributed by atoms with Crippen LogP contribution in [-0.4, -0.2) is 41.1 Å². The zero-order valence-electron chi connectivity index (χ0n) is 10.8. The van der Waals surface area contributed by atoms with Crippen molar-refractivity contribution >= 4 is 28.9 Å². The first-order valence-electron chi connectivity index (χ1n) is 6.15. The van der Waals surface area contributed by atoms with Crippen LogP contribution in [0.5, 0.6) is 0 Å². The molecule has 1 aromatic rings. The first-order valence-corrected chi connectivity index (χ1v) is 6.53. The van der Waals surface area contributed by atoms with E-state index in [1.807, 2.05) is 4.90 Å². The molecule has 2 rings (SSSR count). The maximum atomic E-state index is 11.9. The maximum Gasteiger partial charge on any atom is 0.238 e. The number of nitrogens with zero attached hydrogens (tertiary/aromatic N) is 1. The van der Waals surface area contributed by atoms with E-state index in [-0.39, 0.29) is 12.5 Å². The number of nitrogen functional groups attached to an aromatic ring is 1. The summed E-state index contributed by atoms with van der Waals surface area (Å²) in [5.74, 6) is -0.147. The molecule has 1 heterocycles. The minimum Gasteiger partial charge on any atom is -0.397 e. The minimum absolute atomic E-state index is 0.147. The second kappa shape index (κ2) is 5.36. The highest BCUT2D eigenvalue weighted by molar-refractivity contribution is 6.31. The Balaban J connectivity index is 1.91. The number of halogens is 1. The predicted molar refractivity (Wildman–Crippen MR) is 76.2 cm³/mol. The zero-order valence-corrected chi connectivity index (χ0v) is 11.6. The molecule has 1 aliphatic rings. The van der Waals surface area contributed by atoms with Crippen LogP contribution in [-0.2, 0) is 4.79 Å². The molecule has 0 radical (unpaired) electrons. The van der Waals surface area contributed by atoms with E-state index < -0.39 is 5.60 Å². The van der Waals surface area contributed by atoms with Gasteiger partial charge in [0, 0.05) is 18.1 Å². The van der Waals surface area contributed by atoms with Gasteiger partial charge in [-0.1, -0.05) is 11.6 Å². The molecular formula is C13H18ClN3O2. The summed E-state index contributed by atoms with van der Waals surface area (Å²) in [5.41, 5.74) is 6.07. The molecule has 4 N–H and O–H groups in total. The van der Waals surface area contributed by atoms with Gasteiger partial charge in [-0.3, -0.25) is 9.69 Å². The van der Waals surface area contributed by atoms with Gasteiger partial charge in [0.1, 0.15) is 0 Å². The average Bonchev–Trinajstić information content (AvgIpc) is 2.62. The smallest absolute Gasteiger partial charge is 0.238 e. The van der Waals surface area contributed by atoms with Crippen LogP contribution in [0.2, 0.25) is 5.02 Å². The predicted octanol–water partition coefficient (Wildman–Crippen LogP) is 1.32. The molecule has 1 aromatic carbocycles. The van der Waals surface area contributed by atoms with Crippen molar-refractivity contribution in [1.29, 1.82) is 0 Å². The van der Waals surface area contributed by atoms with E-state index in [9.17, 15) is 9.90 Å². The van der Waals surface area contributed by atoms with Gasteiger partial charge >= 0.3 is 0 Å². The lowest BCUT2D eigenvalue weighted by Crippen LogP contribution is -2.35. The Morgan fingerprint density at radius 2 is 2.37 bits per heavy atom. The van der Waals surface area contributed by atoms with Crippen LogP contribution in [0.3, 0.4) is 0 Å². The number of benzene rings is 1. The first kappa shape index (κ1) is 14.1. The monoisotopic (exact) mass is 283 g/mol. The van der Waals surface area contributed by atoms with Crippen molar-refractivity contribution in [1.82, 2.24) is 4.90 Å². The molecule has 1 unspecified atom stereocenters. The topological polar surface area (TPSA) is 78.6 Å². The van der Waals surface area contributed by atoms with Gasteiger partial charge in [-0.15, -0.1) is 0 Å². The van der Waals surface area contributed by atoms with Crippen molar-refractivity contribution in [3.8, 4) is 0 Å². The van der Waals surface area contributed by atoms with Crippen LogP contribution in [0.25, 0.3) is 0 Å². The first-order chi connectivity index (χ1) is 8.85. The van der Waals surface area contributed by atoms with E-state index >= 15 is 0 Å². The van der Waals surface area contributed by atoms with Gasteiger partial charge in [-0.05, 0) is 31.5 Å². The molecule has 19 heavy (non-hydrogen) atoms. The second-order valence-electron chi connectivity index (χ2n) is 5.24. The fourth-order valence-corrected chi connectivity index (χ4v) is 2.39. The summed E-state index contributed by atoms with van der Waals surface area (Å²) in [6.07, 6.45) is 0.684. The molecule has 0 saturated carbocycles. The zero-order chi connectivity index (χ0) is 14.0. The SMILES string of the molecule is CC1(O)CCN(CC(=O)Nc2ccc(Cl)cc2N)C1. The van der Waals surface area contributed by atoms with Crippen LogP contribution in [0.4, 0.5) is 11.4 Å². The van der Waals surface area contributed by atoms with E-state index in [1.54, 1.807) is 25.1 Å². The van der Waals surface area contributed by atoms with Crippen molar-refractivity contribution in [2.24, 2.45) is 0 Å². The van der Waals surface area contributed by atoms with Gasteiger partial charge in [0.15, 0.2) is 0 Å². The Morgan fingerprint density at radius 3 is 2.95 bits per heavy atom. The summed E-state index contributed by atoms with van der Waals surface area (Å²) < 4.78 is 0. The Labute approximate surface area is 117 Å². The van der Waals surface area contributed by atoms with Crippen LogP contribution < -0.4 is 11.1 Å². The highest BCUT2D eigenvalue weighted by Crippen LogP contribution is 2.23. The van der Waals surface area contributed by atoms with Gasteiger partial charge in [0.05, 0.1) is 23.5 Å². The fraction of sp³-hybridized carbons (Fsp3) is 0.462. The molecular weight excluding hydrogens is 266 g/mol. The van der Waals surface area contributed by atoms with Crippen LogP contribution in [0, 0.1) is 0 Å². The summed E-state index contributed by atoms with van der Waals surface area (Å²) in [5, 5.41) is 13.1. The highest BCUT2D eigenvalue weighted by atomic mass is 35.5. The van der Waals surface area contributed by atoms with Gasteiger partial charge in [-0.2, -0.15) is 0 Å². The van der Waals surface area contributed by atoms with Crippen molar-refractivity contribution in [3.05, 3.63) is 23.2 Å². The molecule has 1 amide bonds. The highest BCUT2D eigenvalue weighted by Gasteiger charge is 2.31. The Kier molecular flexibility index (Phi) is 3.99. The number of amides is 1. The number of likely N-dealkylation sites (tertiary alicyclic amines) is 1. The summed E-state index contributed by atoms with van der Waals surface area (Å²) >= 11 is 5.79. The molecule has 6 heteroatoms. The molecule has 0 aliphatic carbocycles. The number of hydrogen-bond donors (Lipinski definition) is 3. The number of nitrogens with two attached hydrogens (primary N) is 1. The molecule has 1 saturated heterocycles. The third-order valence-electron chi connectivity index (χ3n) is 3.19. The molecule has 104 valence electrons. The fourth-order valence-electron chi connectivity index (χ4n) is 2.21. The van der Waals surface area contributed by atoms with Crippen LogP contribution in [0.15, 0.2) is 18.2 Å². The Morgan fingerprint density at radius 1 is 1.63 bits per heavy atom. The minimum atomic E-state index is -0.695. The molecule has 0 aromatic heterocycles. The number of anilines is 2. The van der Waals surface area contributed by atoms with Crippen molar-refractivity contribution < 1.29 is 9.90 Å². The van der Waals surface area contributed by atoms with Gasteiger partial charge in [0.25, 0.3) is 0 Å². The molecule has 1 fully saturated rings. The van der Waals surface area contributed by atoms with Crippen LogP contribution in [0.1, 0.15) is 13.3 Å². The van der Waals surface area contributed by atoms with Crippen molar-refractivity contribution in [2.75, 3.05) is 30.7 Å². The lowest BCUT2D eigenvalue weighted by molar-refractivity contribution is -0.117. The van der Waals surface area contributed by atoms with E-state index in [1.165, 1.54) is 0 Å². The number of carbonyl (C=O) groups excluding carboxylic acids is 1. The van der Waals surface area contributed by atoms with Gasteiger partial charge < -0.3 is 16.2 Å². The normalized spacial score (nSPS) is 23.5. The number of rotatable bonds is 3. The third-order valence-corrected chi connectivity index (χ3v) is 3.42. The maximum absolute atomic E-state index is 11.9. The molecule has 1 atom stereocenters. The molecule has 0 bridgehead atoms. The summed E-state index contributed by atoms with van der Waals surface area (Å²) in [6.45, 7) is 3.26. The number of carbonyl (C=O) groups is 1. The summed E-state index contributed by atoms with van der Waals surface area (Å²) in [6, 6.07) is 4.95. The number of aliphatic hydroxyl groups is 1. The molecule has 5 nitrogen and oxygen atoms in total. The Bertz CT molecular complexity index is 491. The van der Waals surface area contributed by atoms with E-state index in [0.29, 0.717) is 29.4 Å². The molecule has 1 aliphatic heterocycles. The van der Waals surface area contributed by atoms with Gasteiger partial charge in [-0.25, -0.2) is 0 Å². The number of β-amino-alcohol motifs (C(OH)–C–C–N with tert-alkyl or cyclic N) is 1. The van der Waals surface area contributed by atoms with Crippen LogP contribution >= 0.6 is 11.6 Å². The second-order valence-corrected chi connectivity index (χ2v) is 5.67. The average molecular weight is 284 g/mol. The van der Waals surface area contributed by atoms with Crippen molar-refractivity contribution in [3.63, 3.8) is 0 Å². The lowest BCUT2D eigenvalue weighted by Gasteiger charge is -2.18. The third kappa shape index (κ3) is 3.83. The van der Waals surface area contributed by atoms with E-state index in [2.05, 4.69) is 5.32 Å². The number of hydrogen-bond acceptors (Lipinski definition) is 4. The van der Waals surface area contributed by atoms with Crippen molar-refractivity contribution in [2.45, 2.75) is 18.9 Å². The summed E-state index contributed by atoms with van der Waals surface area (Å²) in [4.78, 5) is 13.8. The van der Waals surface area contributed by atoms with Gasteiger partial charge in [0.2, 0.25) is 5.91 Å². The number of nitrogens with one attached hydrogen (secondary N) is 1. The Hall–Kier alpha value is -1.30. The van der Waals surface area contributed by atoms with E-state index in [4.69, 9.17) is 17.3 Å². The standard InChI is InChI=1S/C13H18ClN3O2/c1-13(19)4-5-17(8-13)7-12(18)16-11-3-2-9(14)6-10(11)15/h2-3,6,19H,4-5,7-8,15H2,1H3,(H,16,18).